The zero-order valence-electron chi connectivity index (χ0n) is 17.8. The van der Waals surface area contributed by atoms with Gasteiger partial charge >= 0.3 is 0 Å². The van der Waals surface area contributed by atoms with Gasteiger partial charge in [0.15, 0.2) is 5.16 Å². The maximum Gasteiger partial charge on any atom is 0.266 e. The van der Waals surface area contributed by atoms with Crippen molar-refractivity contribution in [3.63, 3.8) is 0 Å². The maximum atomic E-state index is 13.4. The Morgan fingerprint density at radius 1 is 1.16 bits per heavy atom. The third-order valence-electron chi connectivity index (χ3n) is 4.82. The van der Waals surface area contributed by atoms with E-state index in [9.17, 15) is 9.59 Å². The number of hydrogen-bond donors (Lipinski definition) is 1. The number of nitrogens with one attached hydrogen (secondary N) is 1. The number of thioether (sulfide) groups is 1. The lowest BCUT2D eigenvalue weighted by Crippen LogP contribution is -2.31. The molecule has 0 aliphatic carbocycles. The van der Waals surface area contributed by atoms with Gasteiger partial charge < -0.3 is 14.5 Å². The van der Waals surface area contributed by atoms with E-state index in [1.165, 1.54) is 11.8 Å². The molecule has 0 bridgehead atoms. The molecular formula is C24H23N3O4S. The molecule has 0 radical (unpaired) electrons. The van der Waals surface area contributed by atoms with Gasteiger partial charge in [-0.2, -0.15) is 0 Å². The molecule has 4 rings (SSSR count). The first-order valence-corrected chi connectivity index (χ1v) is 11.2. The van der Waals surface area contributed by atoms with Crippen LogP contribution in [0.4, 0.5) is 0 Å². The van der Waals surface area contributed by atoms with Gasteiger partial charge in [0.1, 0.15) is 11.5 Å². The average molecular weight is 450 g/mol. The molecule has 7 nitrogen and oxygen atoms in total. The molecule has 2 aromatic carbocycles. The van der Waals surface area contributed by atoms with Crippen LogP contribution in [0.1, 0.15) is 19.6 Å². The van der Waals surface area contributed by atoms with Gasteiger partial charge in [-0.1, -0.05) is 23.9 Å². The molecule has 32 heavy (non-hydrogen) atoms. The van der Waals surface area contributed by atoms with E-state index in [4.69, 9.17) is 14.1 Å². The number of carbonyl (C=O) groups excluding carboxylic acids is 1. The third kappa shape index (κ3) is 4.70. The molecule has 1 unspecified atom stereocenters. The van der Waals surface area contributed by atoms with Crippen LogP contribution >= 0.6 is 11.8 Å². The van der Waals surface area contributed by atoms with Crippen LogP contribution in [-0.2, 0) is 11.3 Å². The van der Waals surface area contributed by atoms with Crippen molar-refractivity contribution in [2.45, 2.75) is 30.8 Å². The van der Waals surface area contributed by atoms with Crippen molar-refractivity contribution in [1.29, 1.82) is 0 Å². The first kappa shape index (κ1) is 21.7. The zero-order valence-corrected chi connectivity index (χ0v) is 18.6. The maximum absolute atomic E-state index is 13.4. The lowest BCUT2D eigenvalue weighted by molar-refractivity contribution is -0.120. The van der Waals surface area contributed by atoms with Crippen LogP contribution in [0.5, 0.6) is 5.75 Å². The summed E-state index contributed by atoms with van der Waals surface area (Å²) in [5.41, 5.74) is 1.05. The largest absolute Gasteiger partial charge is 0.494 e. The standard InChI is InChI=1S/C24H23N3O4S/c1-3-30-18-12-10-17(11-13-18)27-23(29)20-8-4-5-9-21(20)26-24(27)32-16(2)22(28)25-15-19-7-6-14-31-19/h4-14,16H,3,15H2,1-2H3,(H,25,28). The van der Waals surface area contributed by atoms with E-state index in [1.54, 1.807) is 42.0 Å². The topological polar surface area (TPSA) is 86.4 Å². The zero-order chi connectivity index (χ0) is 22.5. The van der Waals surface area contributed by atoms with Crippen LogP contribution in [0.2, 0.25) is 0 Å². The van der Waals surface area contributed by atoms with Crippen molar-refractivity contribution < 1.29 is 13.9 Å². The number of nitrogens with zero attached hydrogens (tertiary/aromatic N) is 2. The van der Waals surface area contributed by atoms with Gasteiger partial charge in [0, 0.05) is 0 Å². The van der Waals surface area contributed by atoms with E-state index in [0.717, 1.165) is 5.75 Å². The number of furan rings is 1. The Kier molecular flexibility index (Phi) is 6.61. The molecule has 2 heterocycles. The molecule has 4 aromatic rings. The van der Waals surface area contributed by atoms with Crippen LogP contribution in [0.3, 0.4) is 0 Å². The predicted octanol–water partition coefficient (Wildman–Crippen LogP) is 4.17. The monoisotopic (exact) mass is 449 g/mol. The summed E-state index contributed by atoms with van der Waals surface area (Å²) in [5, 5.41) is 3.33. The molecular weight excluding hydrogens is 426 g/mol. The number of aromatic nitrogens is 2. The highest BCUT2D eigenvalue weighted by Gasteiger charge is 2.20. The Balaban J connectivity index is 1.66. The van der Waals surface area contributed by atoms with E-state index in [-0.39, 0.29) is 11.5 Å². The summed E-state index contributed by atoms with van der Waals surface area (Å²) < 4.78 is 12.3. The highest BCUT2D eigenvalue weighted by atomic mass is 32.2. The van der Waals surface area contributed by atoms with Gasteiger partial charge in [0.25, 0.3) is 5.56 Å². The SMILES string of the molecule is CCOc1ccc(-n2c(SC(C)C(=O)NCc3ccco3)nc3ccccc3c2=O)cc1. The van der Waals surface area contributed by atoms with Crippen molar-refractivity contribution in [2.75, 3.05) is 6.61 Å². The van der Waals surface area contributed by atoms with Crippen LogP contribution in [-0.4, -0.2) is 27.3 Å². The number of hydrogen-bond acceptors (Lipinski definition) is 6. The second-order valence-corrected chi connectivity index (χ2v) is 8.34. The van der Waals surface area contributed by atoms with Crippen LogP contribution in [0, 0.1) is 0 Å². The Hall–Kier alpha value is -3.52. The molecule has 1 N–H and O–H groups in total. The van der Waals surface area contributed by atoms with Crippen molar-refractivity contribution in [3.8, 4) is 11.4 Å². The van der Waals surface area contributed by atoms with Gasteiger partial charge in [0.05, 0.1) is 41.3 Å². The molecule has 0 aliphatic rings. The summed E-state index contributed by atoms with van der Waals surface area (Å²) in [7, 11) is 0. The molecule has 1 amide bonds. The first-order chi connectivity index (χ1) is 15.6. The number of carbonyl (C=O) groups is 1. The van der Waals surface area contributed by atoms with Gasteiger partial charge in [-0.25, -0.2) is 4.98 Å². The smallest absolute Gasteiger partial charge is 0.266 e. The summed E-state index contributed by atoms with van der Waals surface area (Å²) in [6, 6.07) is 18.0. The fraction of sp³-hybridized carbons (Fsp3) is 0.208. The fourth-order valence-corrected chi connectivity index (χ4v) is 4.17. The Bertz CT molecular complexity index is 1270. The number of fused-ring (bicyclic) bond motifs is 1. The quantitative estimate of drug-likeness (QED) is 0.321. The van der Waals surface area contributed by atoms with Gasteiger partial charge in [-0.15, -0.1) is 0 Å². The number of benzene rings is 2. The van der Waals surface area contributed by atoms with Crippen LogP contribution in [0.25, 0.3) is 16.6 Å². The number of para-hydroxylation sites is 1. The number of amides is 1. The Morgan fingerprint density at radius 2 is 1.94 bits per heavy atom. The average Bonchev–Trinajstić information content (AvgIpc) is 3.32. The minimum atomic E-state index is -0.480. The molecule has 0 spiro atoms. The summed E-state index contributed by atoms with van der Waals surface area (Å²) in [6.45, 7) is 4.56. The minimum Gasteiger partial charge on any atom is -0.494 e. The van der Waals surface area contributed by atoms with Crippen molar-refractivity contribution in [1.82, 2.24) is 14.9 Å². The Morgan fingerprint density at radius 3 is 2.66 bits per heavy atom. The third-order valence-corrected chi connectivity index (χ3v) is 5.87. The van der Waals surface area contributed by atoms with E-state index in [0.29, 0.717) is 40.7 Å². The van der Waals surface area contributed by atoms with Crippen LogP contribution < -0.4 is 15.6 Å². The predicted molar refractivity (Wildman–Crippen MR) is 124 cm³/mol. The molecule has 0 saturated heterocycles. The second-order valence-electron chi connectivity index (χ2n) is 7.04. The molecule has 0 saturated carbocycles. The van der Waals surface area contributed by atoms with Crippen molar-refractivity contribution >= 4 is 28.6 Å². The number of ether oxygens (including phenoxy) is 1. The lowest BCUT2D eigenvalue weighted by Gasteiger charge is -2.16. The first-order valence-electron chi connectivity index (χ1n) is 10.3. The molecule has 0 aliphatic heterocycles. The number of rotatable bonds is 8. The van der Waals surface area contributed by atoms with Crippen LogP contribution in [0.15, 0.2) is 81.3 Å². The molecule has 2 aromatic heterocycles. The van der Waals surface area contributed by atoms with Gasteiger partial charge in [-0.05, 0) is 62.4 Å². The highest BCUT2D eigenvalue weighted by Crippen LogP contribution is 2.26. The summed E-state index contributed by atoms with van der Waals surface area (Å²) in [4.78, 5) is 30.7. The molecule has 1 atom stereocenters. The molecule has 0 fully saturated rings. The summed E-state index contributed by atoms with van der Waals surface area (Å²) in [5.74, 6) is 1.22. The van der Waals surface area contributed by atoms with E-state index >= 15 is 0 Å². The minimum absolute atomic E-state index is 0.174. The molecule has 164 valence electrons. The summed E-state index contributed by atoms with van der Waals surface area (Å²) >= 11 is 1.23. The second kappa shape index (κ2) is 9.74. The van der Waals surface area contributed by atoms with E-state index in [1.807, 2.05) is 43.3 Å². The lowest BCUT2D eigenvalue weighted by atomic mass is 10.2. The van der Waals surface area contributed by atoms with Gasteiger partial charge in [0.2, 0.25) is 5.91 Å². The Labute approximate surface area is 189 Å². The van der Waals surface area contributed by atoms with Crippen molar-refractivity contribution in [2.24, 2.45) is 0 Å². The van der Waals surface area contributed by atoms with E-state index in [2.05, 4.69) is 5.32 Å². The van der Waals surface area contributed by atoms with Crippen molar-refractivity contribution in [3.05, 3.63) is 83.0 Å². The summed E-state index contributed by atoms with van der Waals surface area (Å²) in [6.07, 6.45) is 1.56. The molecule has 8 heteroatoms. The normalized spacial score (nSPS) is 11.9. The highest BCUT2D eigenvalue weighted by molar-refractivity contribution is 8.00. The van der Waals surface area contributed by atoms with E-state index < -0.39 is 5.25 Å². The fourth-order valence-electron chi connectivity index (χ4n) is 3.22. The van der Waals surface area contributed by atoms with Gasteiger partial charge in [-0.3, -0.25) is 14.2 Å².